The zero-order chi connectivity index (χ0) is 28.2. The average Bonchev–Trinajstić information content (AvgIpc) is 2.87. The number of nitrogens with two attached hydrogens (primary N) is 1. The lowest BCUT2D eigenvalue weighted by molar-refractivity contribution is -0.157. The van der Waals surface area contributed by atoms with Crippen molar-refractivity contribution in [3.63, 3.8) is 0 Å². The number of rotatable bonds is 23. The second-order valence-electron chi connectivity index (χ2n) is 8.56. The van der Waals surface area contributed by atoms with Gasteiger partial charge in [0.05, 0.1) is 12.6 Å². The number of aliphatic hydroxyl groups excluding tert-OH is 1. The Morgan fingerprint density at radius 3 is 1.67 bits per heavy atom. The van der Waals surface area contributed by atoms with Crippen LogP contribution in [0.1, 0.15) is 155 Å². The van der Waals surface area contributed by atoms with Crippen LogP contribution in [0.15, 0.2) is 0 Å². The minimum absolute atomic E-state index is 0. The number of hydrogen-bond acceptors (Lipinski definition) is 12. The fraction of sp³-hybridized carbons (Fsp3) is 0.838. The van der Waals surface area contributed by atoms with Crippen LogP contribution in [0.2, 0.25) is 0 Å². The Morgan fingerprint density at radius 2 is 1.22 bits per heavy atom. The van der Waals surface area contributed by atoms with Crippen molar-refractivity contribution in [3.05, 3.63) is 0 Å². The van der Waals surface area contributed by atoms with Gasteiger partial charge in [0.15, 0.2) is 11.6 Å². The minimum Gasteiger partial charge on any atom is -0.462 e. The topological polar surface area (TPSA) is 176 Å². The van der Waals surface area contributed by atoms with Crippen LogP contribution in [0.3, 0.4) is 0 Å². The van der Waals surface area contributed by atoms with Crippen molar-refractivity contribution in [2.45, 2.75) is 167 Å². The van der Waals surface area contributed by atoms with Crippen LogP contribution in [0.4, 0.5) is 0 Å². The van der Waals surface area contributed by atoms with Crippen LogP contribution in [0.25, 0.3) is 0 Å². The molecule has 0 fully saturated rings. The quantitative estimate of drug-likeness (QED) is 0.0753. The molecule has 0 bridgehead atoms. The monoisotopic (exact) mass is 740 g/mol. The van der Waals surface area contributed by atoms with Crippen LogP contribution < -0.4 is 5.73 Å². The first kappa shape index (κ1) is 86.0. The van der Waals surface area contributed by atoms with Crippen molar-refractivity contribution in [3.8, 4) is 0 Å². The molecule has 11 nitrogen and oxygen atoms in total. The van der Waals surface area contributed by atoms with E-state index < -0.39 is 36.6 Å². The summed E-state index contributed by atoms with van der Waals surface area (Å²) in [5.41, 5.74) is 5.96. The number of carbonyl (C=O) groups excluding carboxylic acids is 6. The summed E-state index contributed by atoms with van der Waals surface area (Å²) >= 11 is 1.25. The number of ketones is 4. The summed E-state index contributed by atoms with van der Waals surface area (Å²) in [7, 11) is 0. The molecule has 308 valence electrons. The largest absolute Gasteiger partial charge is 0.462 e. The van der Waals surface area contributed by atoms with Gasteiger partial charge in [-0.25, -0.2) is 0 Å². The van der Waals surface area contributed by atoms with E-state index in [1.165, 1.54) is 18.7 Å². The lowest BCUT2D eigenvalue weighted by atomic mass is 9.93. The maximum atomic E-state index is 12.5. The standard InChI is InChI=1S/C25H41NO10S.12CH4/c1-4-24(32)35-14-20(36-25(33)5-2)15-37-16-21(26)23(31)11-18(12-27)22(30)7-6-10-34-13-19(29)9-8-17(3)28;;;;;;;;;;;;/h18,20-21,27H,4-16,26H2,1-3H3;12*1H4. The highest BCUT2D eigenvalue weighted by atomic mass is 32.2. The number of carbonyl (C=O) groups is 6. The second kappa shape index (κ2) is 52.7. The maximum absolute atomic E-state index is 12.5. The summed E-state index contributed by atoms with van der Waals surface area (Å²) in [4.78, 5) is 70.3. The van der Waals surface area contributed by atoms with E-state index in [2.05, 4.69) is 0 Å². The third-order valence-corrected chi connectivity index (χ3v) is 6.38. The molecular formula is C37H89NO10S. The average molecular weight is 740 g/mol. The molecule has 0 aromatic carbocycles. The van der Waals surface area contributed by atoms with Gasteiger partial charge in [-0.2, -0.15) is 11.8 Å². The molecule has 0 saturated heterocycles. The van der Waals surface area contributed by atoms with E-state index in [1.54, 1.807) is 13.8 Å². The SMILES string of the molecule is C.C.C.C.C.C.C.C.C.C.C.C.CCC(=O)OCC(CSCC(N)C(=O)CC(CO)C(=O)CCCOCC(=O)CCC(C)=O)OC(=O)CC. The molecule has 0 aliphatic rings. The van der Waals surface area contributed by atoms with E-state index in [0.717, 1.165) is 0 Å². The number of Topliss-reactive ketones (excluding diaryl/α,β-unsaturated/α-hetero) is 4. The van der Waals surface area contributed by atoms with Crippen LogP contribution in [0.5, 0.6) is 0 Å². The maximum Gasteiger partial charge on any atom is 0.305 e. The third kappa shape index (κ3) is 45.9. The van der Waals surface area contributed by atoms with Crippen molar-refractivity contribution in [2.24, 2.45) is 11.7 Å². The lowest BCUT2D eigenvalue weighted by Gasteiger charge is -2.19. The molecule has 0 aromatic rings. The fourth-order valence-electron chi connectivity index (χ4n) is 2.89. The number of thioether (sulfide) groups is 1. The van der Waals surface area contributed by atoms with E-state index in [1.807, 2.05) is 0 Å². The first-order valence-corrected chi connectivity index (χ1v) is 13.6. The van der Waals surface area contributed by atoms with Crippen LogP contribution in [0, 0.1) is 5.92 Å². The van der Waals surface area contributed by atoms with Gasteiger partial charge in [0.1, 0.15) is 30.9 Å². The van der Waals surface area contributed by atoms with E-state index in [4.69, 9.17) is 19.9 Å². The van der Waals surface area contributed by atoms with Gasteiger partial charge >= 0.3 is 11.9 Å². The summed E-state index contributed by atoms with van der Waals surface area (Å²) < 4.78 is 15.5. The molecule has 0 heterocycles. The molecule has 3 unspecified atom stereocenters. The molecule has 12 heteroatoms. The molecule has 0 rings (SSSR count). The predicted octanol–water partition coefficient (Wildman–Crippen LogP) is 8.83. The number of hydrogen-bond donors (Lipinski definition) is 2. The molecule has 0 saturated carbocycles. The Balaban J connectivity index is -0.0000000982. The Morgan fingerprint density at radius 1 is 0.714 bits per heavy atom. The number of esters is 2. The van der Waals surface area contributed by atoms with Gasteiger partial charge in [0.25, 0.3) is 0 Å². The molecule has 0 aromatic heterocycles. The second-order valence-corrected chi connectivity index (χ2v) is 9.63. The van der Waals surface area contributed by atoms with E-state index in [-0.39, 0.29) is 182 Å². The van der Waals surface area contributed by atoms with Gasteiger partial charge < -0.3 is 29.8 Å². The zero-order valence-electron chi connectivity index (χ0n) is 22.0. The highest BCUT2D eigenvalue weighted by molar-refractivity contribution is 7.99. The first-order valence-electron chi connectivity index (χ1n) is 12.5. The molecule has 0 aliphatic carbocycles. The zero-order valence-corrected chi connectivity index (χ0v) is 22.8. The van der Waals surface area contributed by atoms with Gasteiger partial charge in [-0.3, -0.25) is 24.0 Å². The molecule has 3 N–H and O–H groups in total. The first-order chi connectivity index (χ1) is 17.5. The highest BCUT2D eigenvalue weighted by Crippen LogP contribution is 2.14. The Labute approximate surface area is 311 Å². The number of aliphatic hydroxyl groups is 1. The summed E-state index contributed by atoms with van der Waals surface area (Å²) in [6.45, 7) is 4.15. The van der Waals surface area contributed by atoms with Gasteiger partial charge in [-0.1, -0.05) is 103 Å². The smallest absolute Gasteiger partial charge is 0.305 e. The summed E-state index contributed by atoms with van der Waals surface area (Å²) in [5, 5.41) is 9.57. The molecule has 3 atom stereocenters. The summed E-state index contributed by atoms with van der Waals surface area (Å²) in [6.07, 6.45) is 0.186. The summed E-state index contributed by atoms with van der Waals surface area (Å²) in [5.74, 6) is -2.22. The van der Waals surface area contributed by atoms with E-state index in [9.17, 15) is 33.9 Å². The fourth-order valence-corrected chi connectivity index (χ4v) is 3.90. The van der Waals surface area contributed by atoms with Crippen LogP contribution >= 0.6 is 11.8 Å². The van der Waals surface area contributed by atoms with E-state index >= 15 is 0 Å². The van der Waals surface area contributed by atoms with Gasteiger partial charge in [0.2, 0.25) is 0 Å². The molecule has 0 aliphatic heterocycles. The normalized spacial score (nSPS) is 10.1. The van der Waals surface area contributed by atoms with Gasteiger partial charge in [-0.05, 0) is 13.3 Å². The lowest BCUT2D eigenvalue weighted by Crippen LogP contribution is -2.37. The molecule has 0 spiro atoms. The Bertz CT molecular complexity index is 763. The number of ether oxygens (including phenoxy) is 3. The molecule has 0 radical (unpaired) electrons. The molecule has 0 amide bonds. The highest BCUT2D eigenvalue weighted by Gasteiger charge is 2.25. The Hall–Kier alpha value is -2.15. The van der Waals surface area contributed by atoms with Crippen molar-refractivity contribution >= 4 is 46.8 Å². The van der Waals surface area contributed by atoms with Crippen molar-refractivity contribution in [2.75, 3.05) is 37.9 Å². The molecule has 49 heavy (non-hydrogen) atoms. The van der Waals surface area contributed by atoms with Gasteiger partial charge in [0, 0.05) is 62.6 Å². The van der Waals surface area contributed by atoms with E-state index in [0.29, 0.717) is 6.42 Å². The third-order valence-electron chi connectivity index (χ3n) is 5.17. The van der Waals surface area contributed by atoms with Crippen molar-refractivity contribution in [1.82, 2.24) is 0 Å². The Kier molecular flexibility index (Phi) is 92.4. The molecular weight excluding hydrogens is 650 g/mol. The van der Waals surface area contributed by atoms with Crippen LogP contribution in [-0.4, -0.2) is 90.3 Å². The predicted molar refractivity (Wildman–Crippen MR) is 218 cm³/mol. The minimum atomic E-state index is -0.892. The van der Waals surface area contributed by atoms with Gasteiger partial charge in [-0.15, -0.1) is 0 Å². The van der Waals surface area contributed by atoms with Crippen LogP contribution in [-0.2, 0) is 43.0 Å². The van der Waals surface area contributed by atoms with Crippen molar-refractivity contribution in [1.29, 1.82) is 0 Å². The van der Waals surface area contributed by atoms with Crippen molar-refractivity contribution < 1.29 is 48.1 Å². The summed E-state index contributed by atoms with van der Waals surface area (Å²) in [6, 6.07) is -0.892.